The lowest BCUT2D eigenvalue weighted by Crippen LogP contribution is -2.49. The van der Waals surface area contributed by atoms with Crippen LogP contribution in [0, 0.1) is 29.1 Å². The molecular formula is C63H76N10O21S7. The number of Topliss-reactive ketones (excluding diaryl/α,β-unsaturated/α-hetero) is 5. The van der Waals surface area contributed by atoms with Crippen molar-refractivity contribution in [2.24, 2.45) is 29.4 Å². The van der Waals surface area contributed by atoms with E-state index < -0.39 is 190 Å². The molecule has 2 saturated heterocycles. The van der Waals surface area contributed by atoms with Crippen LogP contribution in [0.1, 0.15) is 82.6 Å². The number of amides is 5. The van der Waals surface area contributed by atoms with Gasteiger partial charge in [0.2, 0.25) is 29.5 Å². The second-order valence-electron chi connectivity index (χ2n) is 24.2. The van der Waals surface area contributed by atoms with Crippen LogP contribution in [-0.4, -0.2) is 187 Å². The largest absolute Gasteiger partial charge is 0.481 e. The number of nitrogens with two attached hydrogens (primary N) is 1. The van der Waals surface area contributed by atoms with Crippen LogP contribution in [-0.2, 0) is 89.5 Å². The van der Waals surface area contributed by atoms with Crippen LogP contribution in [0.15, 0.2) is 81.4 Å². The van der Waals surface area contributed by atoms with Gasteiger partial charge < -0.3 is 53.4 Å². The number of hydrogen-bond acceptors (Lipinski definition) is 22. The number of carboxylic acid groups (broad SMARTS) is 1. The smallest absolute Gasteiger partial charge is 0.304 e. The number of hydrogen-bond donors (Lipinski definition) is 14. The fraction of sp³-hybridized carbons (Fsp3) is 0.444. The predicted molar refractivity (Wildman–Crippen MR) is 381 cm³/mol. The van der Waals surface area contributed by atoms with Gasteiger partial charge in [0.05, 0.1) is 42.8 Å². The zero-order valence-corrected chi connectivity index (χ0v) is 59.9. The number of ketones is 5. The number of rotatable bonds is 21. The third kappa shape index (κ3) is 23.0. The molecule has 38 heteroatoms. The topological polar surface area (TPSA) is 517 Å². The van der Waals surface area contributed by atoms with E-state index >= 15 is 0 Å². The van der Waals surface area contributed by atoms with Gasteiger partial charge in [0, 0.05) is 132 Å². The third-order valence-corrected chi connectivity index (χ3v) is 23.2. The standard InChI is InChI=1S/C63H76N10O21S7/c1-66-54(79)17-16-48(76)45-30-96-29-39(75)21-34(10-5-6-18-68-63(95)73-44-26-51(99(86,87)88)41-14-15-43-53(101(92,93)94)27-52(100(89,90)91)42-13-12-40(44)56(41)57(42)43)59(83)71-46-31-97-98-32-47(50(78)24-36(60(84)70-45)20-33-8-3-2-4-9-33)72-61(85)37(25-55(80)81)22-38(74)28-69-58(82)35(23-49(46)77)11-7-19-67-62(64)65/h2-4,8-9,12-15,26-27,34-37,45-47H,5-7,10-11,16-25,28-32H2,1H3,(H,66,79)(H,69,82)(H,70,84)(H,71,83)(H,72,85)(H,80,81)(H4,64,65,67)(H2,68,73,95)(H,86,87,88)(H,89,90,91)(H,92,93,94)/t34-,35-,36-,37+,45+,46+,47+/m1/s1. The molecule has 101 heavy (non-hydrogen) atoms. The predicted octanol–water partition coefficient (Wildman–Crippen LogP) is 2.87. The van der Waals surface area contributed by atoms with Crippen molar-refractivity contribution in [3.8, 4) is 0 Å². The van der Waals surface area contributed by atoms with Crippen molar-refractivity contribution >= 4 is 189 Å². The first-order valence-electron chi connectivity index (χ1n) is 31.6. The number of unbranched alkanes of at least 4 members (excludes halogenated alkanes) is 1. The minimum atomic E-state index is -5.21. The Morgan fingerprint density at radius 3 is 1.70 bits per heavy atom. The molecule has 2 aliphatic rings. The fourth-order valence-corrected chi connectivity index (χ4v) is 17.5. The van der Waals surface area contributed by atoms with E-state index in [9.17, 15) is 96.8 Å². The molecule has 0 spiro atoms. The van der Waals surface area contributed by atoms with Gasteiger partial charge >= 0.3 is 5.97 Å². The van der Waals surface area contributed by atoms with Crippen LogP contribution >= 0.6 is 45.6 Å². The van der Waals surface area contributed by atoms with E-state index in [2.05, 4.69) is 42.5 Å². The normalized spacial score (nSPS) is 21.1. The van der Waals surface area contributed by atoms with E-state index in [1.54, 1.807) is 30.3 Å². The molecule has 7 atom stereocenters. The molecule has 5 amide bonds. The number of benzene rings is 5. The Balaban J connectivity index is 1.21. The number of guanidine groups is 1. The first-order valence-corrected chi connectivity index (χ1v) is 39.9. The van der Waals surface area contributed by atoms with Gasteiger partial charge in [-0.3, -0.25) is 71.8 Å². The van der Waals surface area contributed by atoms with Crippen LogP contribution in [0.5, 0.6) is 0 Å². The minimum absolute atomic E-state index is 0.0137. The van der Waals surface area contributed by atoms with E-state index in [-0.39, 0.29) is 137 Å². The number of carbonyl (C=O) groups is 11. The van der Waals surface area contributed by atoms with Crippen molar-refractivity contribution < 1.29 is 96.8 Å². The molecule has 2 fully saturated rings. The van der Waals surface area contributed by atoms with Crippen molar-refractivity contribution in [3.63, 3.8) is 0 Å². The number of anilines is 1. The highest BCUT2D eigenvalue weighted by atomic mass is 33.1. The van der Waals surface area contributed by atoms with Crippen LogP contribution in [0.2, 0.25) is 0 Å². The summed E-state index contributed by atoms with van der Waals surface area (Å²) < 4.78 is 107. The Labute approximate surface area is 597 Å². The highest BCUT2D eigenvalue weighted by Crippen LogP contribution is 2.45. The fourth-order valence-electron chi connectivity index (χ4n) is 11.7. The molecule has 0 aromatic heterocycles. The monoisotopic (exact) mass is 1530 g/mol. The molecule has 546 valence electrons. The molecule has 0 radical (unpaired) electrons. The molecule has 0 unspecified atom stereocenters. The number of thioether (sulfide) groups is 1. The lowest BCUT2D eigenvalue weighted by Gasteiger charge is -2.26. The van der Waals surface area contributed by atoms with Crippen molar-refractivity contribution in [1.82, 2.24) is 37.2 Å². The Kier molecular flexibility index (Phi) is 28.9. The van der Waals surface area contributed by atoms with Crippen LogP contribution < -0.4 is 48.3 Å². The van der Waals surface area contributed by atoms with Gasteiger partial charge in [-0.2, -0.15) is 37.0 Å². The molecule has 15 N–H and O–H groups in total. The van der Waals surface area contributed by atoms with Gasteiger partial charge in [-0.1, -0.05) is 82.6 Å². The highest BCUT2D eigenvalue weighted by molar-refractivity contribution is 8.76. The van der Waals surface area contributed by atoms with Crippen molar-refractivity contribution in [2.45, 2.75) is 116 Å². The summed E-state index contributed by atoms with van der Waals surface area (Å²) in [6.45, 7) is -0.629. The Bertz CT molecular complexity index is 4340. The minimum Gasteiger partial charge on any atom is -0.481 e. The molecule has 5 aromatic rings. The lowest BCUT2D eigenvalue weighted by atomic mass is 9.90. The summed E-state index contributed by atoms with van der Waals surface area (Å²) in [6, 6.07) is 10.5. The summed E-state index contributed by atoms with van der Waals surface area (Å²) in [5.74, 6) is -15.4. The molecule has 0 aliphatic carbocycles. The molecule has 0 saturated carbocycles. The Hall–Kier alpha value is -7.95. The summed E-state index contributed by atoms with van der Waals surface area (Å²) in [6.07, 6.45) is -3.45. The summed E-state index contributed by atoms with van der Waals surface area (Å²) in [5, 5.41) is 37.7. The second kappa shape index (κ2) is 36.3. The van der Waals surface area contributed by atoms with Crippen molar-refractivity contribution in [2.75, 3.05) is 55.0 Å². The van der Waals surface area contributed by atoms with Gasteiger partial charge in [0.1, 0.15) is 20.5 Å². The van der Waals surface area contributed by atoms with E-state index in [1.165, 1.54) is 19.2 Å². The maximum atomic E-state index is 14.8. The highest BCUT2D eigenvalue weighted by Gasteiger charge is 2.37. The number of carboxylic acids is 1. The lowest BCUT2D eigenvalue weighted by molar-refractivity contribution is -0.142. The Morgan fingerprint density at radius 1 is 0.614 bits per heavy atom. The molecule has 7 rings (SSSR count). The zero-order valence-electron chi connectivity index (χ0n) is 54.2. The molecular weight excluding hydrogens is 1460 g/mol. The average molecular weight is 1530 g/mol. The summed E-state index contributed by atoms with van der Waals surface area (Å²) in [4.78, 5) is 151. The van der Waals surface area contributed by atoms with E-state index in [0.29, 0.717) is 11.6 Å². The zero-order chi connectivity index (χ0) is 74.1. The van der Waals surface area contributed by atoms with Gasteiger partial charge in [-0.05, 0) is 62.0 Å². The Morgan fingerprint density at radius 2 is 1.13 bits per heavy atom. The molecule has 5 aromatic carbocycles. The number of thiocarbonyl (C=S) groups is 1. The number of nitrogens with one attached hydrogen (secondary N) is 9. The molecule has 2 heterocycles. The first-order chi connectivity index (χ1) is 47.6. The molecule has 2 bridgehead atoms. The third-order valence-electron chi connectivity index (χ3n) is 16.8. The number of carbonyl (C=O) groups excluding carboxylic acids is 10. The summed E-state index contributed by atoms with van der Waals surface area (Å²) in [5.41, 5.74) is 5.96. The summed E-state index contributed by atoms with van der Waals surface area (Å²) in [7, 11) is -12.3. The van der Waals surface area contributed by atoms with Crippen LogP contribution in [0.4, 0.5) is 5.69 Å². The molecule has 2 aliphatic heterocycles. The van der Waals surface area contributed by atoms with Gasteiger partial charge in [0.15, 0.2) is 34.2 Å². The van der Waals surface area contributed by atoms with Gasteiger partial charge in [0.25, 0.3) is 30.4 Å². The van der Waals surface area contributed by atoms with Crippen LogP contribution in [0.25, 0.3) is 32.3 Å². The van der Waals surface area contributed by atoms with Crippen molar-refractivity contribution in [1.29, 1.82) is 5.41 Å². The maximum Gasteiger partial charge on any atom is 0.304 e. The SMILES string of the molecule is CNC(=O)CCC(=O)[C@@H]1CSCC(=O)C[C@@H](CCCCNC(=S)Nc2cc(S(=O)(=O)O)c3ccc4c(S(=O)(=O)O)cc(S(=O)(=O)O)c5ccc2c3c54)C(=O)N[C@H]2CSSC[C@H](NC(=O)[C@H](CC(=O)O)CC(=O)CNC(=O)[C@H](CCCNC(=N)N)CC2=O)C(=O)C[C@@H](Cc2ccccc2)C(=O)N1. The molecule has 31 nitrogen and oxygen atoms in total. The summed E-state index contributed by atoms with van der Waals surface area (Å²) >= 11 is 6.53. The van der Waals surface area contributed by atoms with E-state index in [1.807, 2.05) is 0 Å². The second-order valence-corrected chi connectivity index (χ2v) is 32.3. The number of aliphatic carboxylic acids is 1. The first kappa shape index (κ1) is 80.4. The van der Waals surface area contributed by atoms with Crippen molar-refractivity contribution in [3.05, 3.63) is 72.3 Å². The van der Waals surface area contributed by atoms with E-state index in [4.69, 9.17) is 23.4 Å². The van der Waals surface area contributed by atoms with Crippen LogP contribution in [0.3, 0.4) is 0 Å². The quantitative estimate of drug-likeness (QED) is 0.00955. The maximum absolute atomic E-state index is 14.8. The van der Waals surface area contributed by atoms with Gasteiger partial charge in [-0.15, -0.1) is 0 Å². The average Bonchev–Trinajstić information content (AvgIpc) is 0.708. The van der Waals surface area contributed by atoms with Gasteiger partial charge in [-0.25, -0.2) is 0 Å². The number of fused-ring (bicyclic) bond motifs is 5. The van der Waals surface area contributed by atoms with E-state index in [0.717, 1.165) is 51.5 Å².